The van der Waals surface area contributed by atoms with Crippen LogP contribution in [-0.4, -0.2) is 35.1 Å². The Morgan fingerprint density at radius 2 is 1.90 bits per heavy atom. The summed E-state index contributed by atoms with van der Waals surface area (Å²) in [6.07, 6.45) is 12.1. The lowest BCUT2D eigenvalue weighted by atomic mass is 9.99. The minimum Gasteiger partial charge on any atom is -0.312 e. The average Bonchev–Trinajstić information content (AvgIpc) is 3.18. The van der Waals surface area contributed by atoms with Crippen molar-refractivity contribution in [1.82, 2.24) is 4.98 Å². The molecule has 0 saturated heterocycles. The molecule has 0 saturated carbocycles. The third-order valence-corrected chi connectivity index (χ3v) is 5.64. The number of anilines is 1. The highest BCUT2D eigenvalue weighted by molar-refractivity contribution is 5.96. The fraction of sp³-hybridized carbons (Fsp3) is 0.400. The van der Waals surface area contributed by atoms with Gasteiger partial charge in [0.2, 0.25) is 5.91 Å². The highest BCUT2D eigenvalue weighted by atomic mass is 17.1. The van der Waals surface area contributed by atoms with Gasteiger partial charge in [0.1, 0.15) is 0 Å². The SMILES string of the molecule is O=C(/C=C/c1cccnc1)CCCCCCC(=O)N1CC(CCOO)c2ccccc21. The Morgan fingerprint density at radius 3 is 2.68 bits per heavy atom. The van der Waals surface area contributed by atoms with Crippen LogP contribution in [-0.2, 0) is 14.5 Å². The zero-order valence-corrected chi connectivity index (χ0v) is 17.8. The first-order valence-electron chi connectivity index (χ1n) is 11.0. The number of hydrogen-bond donors (Lipinski definition) is 1. The maximum atomic E-state index is 12.8. The predicted octanol–water partition coefficient (Wildman–Crippen LogP) is 5.01. The highest BCUT2D eigenvalue weighted by Crippen LogP contribution is 2.38. The van der Waals surface area contributed by atoms with Gasteiger partial charge in [-0.2, -0.15) is 0 Å². The van der Waals surface area contributed by atoms with E-state index in [0.29, 0.717) is 25.8 Å². The summed E-state index contributed by atoms with van der Waals surface area (Å²) in [6, 6.07) is 11.7. The van der Waals surface area contributed by atoms with Gasteiger partial charge in [0, 0.05) is 43.4 Å². The summed E-state index contributed by atoms with van der Waals surface area (Å²) in [5.41, 5.74) is 3.04. The average molecular weight is 423 g/mol. The Hall–Kier alpha value is -2.83. The number of hydrogen-bond acceptors (Lipinski definition) is 5. The van der Waals surface area contributed by atoms with Gasteiger partial charge >= 0.3 is 0 Å². The zero-order chi connectivity index (χ0) is 21.9. The lowest BCUT2D eigenvalue weighted by Crippen LogP contribution is -2.29. The van der Waals surface area contributed by atoms with E-state index >= 15 is 0 Å². The third-order valence-electron chi connectivity index (χ3n) is 5.64. The van der Waals surface area contributed by atoms with Crippen molar-refractivity contribution < 1.29 is 19.7 Å². The first-order valence-corrected chi connectivity index (χ1v) is 11.0. The van der Waals surface area contributed by atoms with Crippen LogP contribution in [0.3, 0.4) is 0 Å². The summed E-state index contributed by atoms with van der Waals surface area (Å²) in [4.78, 5) is 34.9. The van der Waals surface area contributed by atoms with Gasteiger partial charge < -0.3 is 4.90 Å². The minimum atomic E-state index is 0.117. The van der Waals surface area contributed by atoms with Crippen molar-refractivity contribution in [1.29, 1.82) is 0 Å². The molecule has 0 spiro atoms. The summed E-state index contributed by atoms with van der Waals surface area (Å²) in [6.45, 7) is 0.899. The number of rotatable bonds is 12. The lowest BCUT2D eigenvalue weighted by molar-refractivity contribution is -0.243. The van der Waals surface area contributed by atoms with Crippen LogP contribution in [0.5, 0.6) is 0 Å². The molecule has 1 aliphatic rings. The van der Waals surface area contributed by atoms with Gasteiger partial charge in [-0.15, -0.1) is 0 Å². The first kappa shape index (κ1) is 22.8. The van der Waals surface area contributed by atoms with Crippen molar-refractivity contribution >= 4 is 23.5 Å². The maximum absolute atomic E-state index is 12.8. The molecule has 1 aliphatic heterocycles. The van der Waals surface area contributed by atoms with E-state index < -0.39 is 0 Å². The van der Waals surface area contributed by atoms with Crippen LogP contribution in [0.1, 0.15) is 62.0 Å². The number of aromatic nitrogens is 1. The number of carbonyl (C=O) groups excluding carboxylic acids is 2. The van der Waals surface area contributed by atoms with Crippen LogP contribution < -0.4 is 4.90 Å². The molecule has 0 radical (unpaired) electrons. The van der Waals surface area contributed by atoms with Gasteiger partial charge in [-0.05, 0) is 54.7 Å². The molecule has 0 aliphatic carbocycles. The Kier molecular flexibility index (Phi) is 8.94. The number of carbonyl (C=O) groups is 2. The van der Waals surface area contributed by atoms with Crippen LogP contribution in [0.25, 0.3) is 6.08 Å². The lowest BCUT2D eigenvalue weighted by Gasteiger charge is -2.18. The number of fused-ring (bicyclic) bond motifs is 1. The molecule has 1 N–H and O–H groups in total. The fourth-order valence-corrected chi connectivity index (χ4v) is 3.98. The van der Waals surface area contributed by atoms with Crippen LogP contribution in [0.15, 0.2) is 54.9 Å². The van der Waals surface area contributed by atoms with E-state index in [1.165, 1.54) is 0 Å². The Morgan fingerprint density at radius 1 is 1.10 bits per heavy atom. The van der Waals surface area contributed by atoms with Gasteiger partial charge in [-0.3, -0.25) is 19.8 Å². The monoisotopic (exact) mass is 422 g/mol. The second-order valence-corrected chi connectivity index (χ2v) is 7.88. The molecule has 1 aromatic heterocycles. The number of ketones is 1. The largest absolute Gasteiger partial charge is 0.312 e. The molecule has 1 unspecified atom stereocenters. The third kappa shape index (κ3) is 6.84. The molecule has 6 nitrogen and oxygen atoms in total. The molecule has 0 fully saturated rings. The summed E-state index contributed by atoms with van der Waals surface area (Å²) < 4.78 is 0. The summed E-state index contributed by atoms with van der Waals surface area (Å²) in [7, 11) is 0. The van der Waals surface area contributed by atoms with Crippen molar-refractivity contribution in [2.75, 3.05) is 18.1 Å². The Labute approximate surface area is 183 Å². The van der Waals surface area contributed by atoms with Gasteiger partial charge in [0.25, 0.3) is 0 Å². The smallest absolute Gasteiger partial charge is 0.227 e. The molecule has 0 bridgehead atoms. The molecule has 1 atom stereocenters. The van der Waals surface area contributed by atoms with Gasteiger partial charge in [0.15, 0.2) is 5.78 Å². The molecule has 1 aromatic carbocycles. The Bertz CT molecular complexity index is 882. The van der Waals surface area contributed by atoms with Crippen LogP contribution in [0, 0.1) is 0 Å². The van der Waals surface area contributed by atoms with E-state index in [9.17, 15) is 9.59 Å². The summed E-state index contributed by atoms with van der Waals surface area (Å²) in [5, 5.41) is 8.65. The number of pyridine rings is 1. The Balaban J connectivity index is 1.35. The van der Waals surface area contributed by atoms with Gasteiger partial charge in [-0.1, -0.05) is 37.1 Å². The number of para-hydroxylation sites is 1. The second-order valence-electron chi connectivity index (χ2n) is 7.88. The van der Waals surface area contributed by atoms with Crippen molar-refractivity contribution in [2.45, 2.75) is 50.9 Å². The van der Waals surface area contributed by atoms with Crippen molar-refractivity contribution in [2.24, 2.45) is 0 Å². The molecule has 31 heavy (non-hydrogen) atoms. The number of benzene rings is 1. The molecule has 2 heterocycles. The van der Waals surface area contributed by atoms with E-state index in [4.69, 9.17) is 5.26 Å². The molecular formula is C25H30N2O4. The first-order chi connectivity index (χ1) is 15.2. The van der Waals surface area contributed by atoms with E-state index in [2.05, 4.69) is 9.87 Å². The molecule has 2 aromatic rings. The quantitative estimate of drug-likeness (QED) is 0.225. The number of unbranched alkanes of at least 4 members (excludes halogenated alkanes) is 3. The van der Waals surface area contributed by atoms with Crippen LogP contribution in [0.2, 0.25) is 0 Å². The van der Waals surface area contributed by atoms with E-state index in [1.807, 2.05) is 41.3 Å². The van der Waals surface area contributed by atoms with Crippen molar-refractivity contribution in [3.63, 3.8) is 0 Å². The van der Waals surface area contributed by atoms with E-state index in [0.717, 1.165) is 42.5 Å². The molecule has 3 rings (SSSR count). The minimum absolute atomic E-state index is 0.117. The highest BCUT2D eigenvalue weighted by Gasteiger charge is 2.31. The zero-order valence-electron chi connectivity index (χ0n) is 17.8. The molecule has 1 amide bonds. The number of allylic oxidation sites excluding steroid dienone is 1. The molecule has 164 valence electrons. The topological polar surface area (TPSA) is 79.7 Å². The van der Waals surface area contributed by atoms with Crippen LogP contribution >= 0.6 is 0 Å². The molecular weight excluding hydrogens is 392 g/mol. The normalized spacial score (nSPS) is 15.4. The standard InChI is InChI=1S/C25H30N2O4/c28-22(14-13-20-8-7-16-26-18-20)9-3-1-2-4-12-25(29)27-19-21(15-17-31-30)23-10-5-6-11-24(23)27/h5-8,10-11,13-14,16,18,21,30H,1-4,9,12,15,17,19H2/b14-13+. The number of amides is 1. The van der Waals surface area contributed by atoms with Crippen LogP contribution in [0.4, 0.5) is 5.69 Å². The van der Waals surface area contributed by atoms with Crippen molar-refractivity contribution in [3.8, 4) is 0 Å². The van der Waals surface area contributed by atoms with Gasteiger partial charge in [0.05, 0.1) is 6.61 Å². The molecule has 6 heteroatoms. The van der Waals surface area contributed by atoms with E-state index in [-0.39, 0.29) is 24.2 Å². The maximum Gasteiger partial charge on any atom is 0.227 e. The number of nitrogens with zero attached hydrogens (tertiary/aromatic N) is 2. The van der Waals surface area contributed by atoms with E-state index in [1.54, 1.807) is 24.5 Å². The van der Waals surface area contributed by atoms with Crippen molar-refractivity contribution in [3.05, 3.63) is 66.0 Å². The predicted molar refractivity (Wildman–Crippen MR) is 121 cm³/mol. The fourth-order valence-electron chi connectivity index (χ4n) is 3.98. The summed E-state index contributed by atoms with van der Waals surface area (Å²) >= 11 is 0. The van der Waals surface area contributed by atoms with Gasteiger partial charge in [-0.25, -0.2) is 4.89 Å². The summed E-state index contributed by atoms with van der Waals surface area (Å²) in [5.74, 6) is 0.444. The second kappa shape index (κ2) is 12.1.